The summed E-state index contributed by atoms with van der Waals surface area (Å²) in [5, 5.41) is 2.76. The Morgan fingerprint density at radius 2 is 1.79 bits per heavy atom. The van der Waals surface area contributed by atoms with Crippen LogP contribution in [0.25, 0.3) is 0 Å². The van der Waals surface area contributed by atoms with Crippen LogP contribution in [0.5, 0.6) is 0 Å². The second-order valence-corrected chi connectivity index (χ2v) is 5.79. The van der Waals surface area contributed by atoms with Gasteiger partial charge in [0.25, 0.3) is 5.91 Å². The lowest BCUT2D eigenvalue weighted by atomic mass is 10.1. The lowest BCUT2D eigenvalue weighted by Crippen LogP contribution is -2.13. The predicted octanol–water partition coefficient (Wildman–Crippen LogP) is 3.89. The molecule has 5 nitrogen and oxygen atoms in total. The SMILES string of the molecule is CCOCCOC(=O)c1cccc(NC(=O)c2cccc(Br)c2)c1. The molecule has 126 valence electrons. The molecule has 0 saturated heterocycles. The Balaban J connectivity index is 1.99. The van der Waals surface area contributed by atoms with Crippen LogP contribution in [-0.2, 0) is 9.47 Å². The number of halogens is 1. The van der Waals surface area contributed by atoms with E-state index in [0.29, 0.717) is 30.0 Å². The van der Waals surface area contributed by atoms with Crippen molar-refractivity contribution in [3.8, 4) is 0 Å². The highest BCUT2D eigenvalue weighted by atomic mass is 79.9. The van der Waals surface area contributed by atoms with Crippen LogP contribution in [0.2, 0.25) is 0 Å². The van der Waals surface area contributed by atoms with Gasteiger partial charge < -0.3 is 14.8 Å². The van der Waals surface area contributed by atoms with E-state index in [1.165, 1.54) is 0 Å². The average molecular weight is 392 g/mol. The van der Waals surface area contributed by atoms with Crippen molar-refractivity contribution < 1.29 is 19.1 Å². The molecule has 0 aliphatic carbocycles. The van der Waals surface area contributed by atoms with Crippen molar-refractivity contribution in [2.45, 2.75) is 6.92 Å². The van der Waals surface area contributed by atoms with Crippen molar-refractivity contribution in [1.82, 2.24) is 0 Å². The number of benzene rings is 2. The van der Waals surface area contributed by atoms with Gasteiger partial charge in [0.1, 0.15) is 6.61 Å². The van der Waals surface area contributed by atoms with E-state index < -0.39 is 5.97 Å². The van der Waals surface area contributed by atoms with E-state index in [0.717, 1.165) is 4.47 Å². The number of rotatable bonds is 7. The summed E-state index contributed by atoms with van der Waals surface area (Å²) < 4.78 is 11.0. The fourth-order valence-corrected chi connectivity index (χ4v) is 2.38. The molecule has 0 aromatic heterocycles. The van der Waals surface area contributed by atoms with Crippen molar-refractivity contribution in [2.24, 2.45) is 0 Å². The molecule has 2 aromatic carbocycles. The van der Waals surface area contributed by atoms with Gasteiger partial charge in [-0.15, -0.1) is 0 Å². The number of ether oxygens (including phenoxy) is 2. The zero-order valence-corrected chi connectivity index (χ0v) is 14.8. The van der Waals surface area contributed by atoms with E-state index in [9.17, 15) is 9.59 Å². The molecule has 24 heavy (non-hydrogen) atoms. The van der Waals surface area contributed by atoms with Crippen LogP contribution in [0.4, 0.5) is 5.69 Å². The van der Waals surface area contributed by atoms with Gasteiger partial charge in [-0.25, -0.2) is 4.79 Å². The first kappa shape index (κ1) is 18.2. The summed E-state index contributed by atoms with van der Waals surface area (Å²) in [5.41, 5.74) is 1.42. The Morgan fingerprint density at radius 3 is 2.54 bits per heavy atom. The van der Waals surface area contributed by atoms with Gasteiger partial charge in [-0.3, -0.25) is 4.79 Å². The van der Waals surface area contributed by atoms with E-state index in [-0.39, 0.29) is 12.5 Å². The largest absolute Gasteiger partial charge is 0.460 e. The van der Waals surface area contributed by atoms with Crippen LogP contribution in [0, 0.1) is 0 Å². The molecular weight excluding hydrogens is 374 g/mol. The molecular formula is C18H18BrNO4. The maximum absolute atomic E-state index is 12.2. The Kier molecular flexibility index (Phi) is 6.96. The minimum atomic E-state index is -0.451. The van der Waals surface area contributed by atoms with E-state index in [1.807, 2.05) is 13.0 Å². The second-order valence-electron chi connectivity index (χ2n) is 4.88. The van der Waals surface area contributed by atoms with Crippen molar-refractivity contribution in [3.05, 3.63) is 64.1 Å². The van der Waals surface area contributed by atoms with Crippen molar-refractivity contribution >= 4 is 33.5 Å². The average Bonchev–Trinajstić information content (AvgIpc) is 2.59. The Hall–Kier alpha value is -2.18. The zero-order chi connectivity index (χ0) is 17.4. The third kappa shape index (κ3) is 5.47. The van der Waals surface area contributed by atoms with Crippen LogP contribution in [0.15, 0.2) is 53.0 Å². The number of hydrogen-bond acceptors (Lipinski definition) is 4. The Morgan fingerprint density at radius 1 is 1.04 bits per heavy atom. The van der Waals surface area contributed by atoms with Crippen molar-refractivity contribution in [2.75, 3.05) is 25.1 Å². The number of carbonyl (C=O) groups excluding carboxylic acids is 2. The molecule has 2 aromatic rings. The normalized spacial score (nSPS) is 10.2. The number of hydrogen-bond donors (Lipinski definition) is 1. The first-order valence-electron chi connectivity index (χ1n) is 7.52. The molecule has 0 spiro atoms. The van der Waals surface area contributed by atoms with Gasteiger partial charge in [0, 0.05) is 22.3 Å². The Labute approximate surface area is 149 Å². The topological polar surface area (TPSA) is 64.6 Å². The highest BCUT2D eigenvalue weighted by molar-refractivity contribution is 9.10. The van der Waals surface area contributed by atoms with Gasteiger partial charge in [0.15, 0.2) is 0 Å². The van der Waals surface area contributed by atoms with Gasteiger partial charge in [-0.05, 0) is 43.3 Å². The maximum Gasteiger partial charge on any atom is 0.338 e. The fraction of sp³-hybridized carbons (Fsp3) is 0.222. The van der Waals surface area contributed by atoms with E-state index in [4.69, 9.17) is 9.47 Å². The Bertz CT molecular complexity index is 718. The van der Waals surface area contributed by atoms with Crippen molar-refractivity contribution in [1.29, 1.82) is 0 Å². The fourth-order valence-electron chi connectivity index (χ4n) is 1.98. The summed E-state index contributed by atoms with van der Waals surface area (Å²) >= 11 is 3.33. The first-order chi connectivity index (χ1) is 11.6. The van der Waals surface area contributed by atoms with E-state index in [2.05, 4.69) is 21.2 Å². The van der Waals surface area contributed by atoms with Crippen LogP contribution in [-0.4, -0.2) is 31.7 Å². The van der Waals surface area contributed by atoms with Gasteiger partial charge in [0.2, 0.25) is 0 Å². The number of esters is 1. The lowest BCUT2D eigenvalue weighted by molar-refractivity contribution is 0.0335. The monoisotopic (exact) mass is 391 g/mol. The highest BCUT2D eigenvalue weighted by Gasteiger charge is 2.10. The maximum atomic E-state index is 12.2. The third-order valence-corrected chi connectivity index (χ3v) is 3.60. The summed E-state index contributed by atoms with van der Waals surface area (Å²) in [4.78, 5) is 24.2. The summed E-state index contributed by atoms with van der Waals surface area (Å²) in [5.74, 6) is -0.702. The van der Waals surface area contributed by atoms with Gasteiger partial charge in [-0.1, -0.05) is 28.1 Å². The van der Waals surface area contributed by atoms with Gasteiger partial charge in [0.05, 0.1) is 12.2 Å². The molecule has 0 heterocycles. The number of carbonyl (C=O) groups is 2. The first-order valence-corrected chi connectivity index (χ1v) is 8.31. The molecule has 0 radical (unpaired) electrons. The molecule has 0 fully saturated rings. The molecule has 0 aliphatic heterocycles. The number of nitrogens with one attached hydrogen (secondary N) is 1. The summed E-state index contributed by atoms with van der Waals surface area (Å²) in [6.07, 6.45) is 0. The molecule has 1 amide bonds. The molecule has 0 bridgehead atoms. The smallest absolute Gasteiger partial charge is 0.338 e. The summed E-state index contributed by atoms with van der Waals surface area (Å²) in [6.45, 7) is 3.01. The molecule has 1 N–H and O–H groups in total. The van der Waals surface area contributed by atoms with Crippen LogP contribution < -0.4 is 5.32 Å². The van der Waals surface area contributed by atoms with Crippen molar-refractivity contribution in [3.63, 3.8) is 0 Å². The molecule has 0 aliphatic rings. The highest BCUT2D eigenvalue weighted by Crippen LogP contribution is 2.16. The summed E-state index contributed by atoms with van der Waals surface area (Å²) in [7, 11) is 0. The van der Waals surface area contributed by atoms with Crippen LogP contribution >= 0.6 is 15.9 Å². The minimum Gasteiger partial charge on any atom is -0.460 e. The molecule has 0 unspecified atom stereocenters. The number of amides is 1. The van der Waals surface area contributed by atoms with Crippen LogP contribution in [0.1, 0.15) is 27.6 Å². The standard InChI is InChI=1S/C18H18BrNO4/c1-2-23-9-10-24-18(22)14-6-4-8-16(12-14)20-17(21)13-5-3-7-15(19)11-13/h3-8,11-12H,2,9-10H2,1H3,(H,20,21). The van der Waals surface area contributed by atoms with Crippen LogP contribution in [0.3, 0.4) is 0 Å². The lowest BCUT2D eigenvalue weighted by Gasteiger charge is -2.08. The molecule has 2 rings (SSSR count). The summed E-state index contributed by atoms with van der Waals surface area (Å²) in [6, 6.07) is 13.7. The minimum absolute atomic E-state index is 0.196. The van der Waals surface area contributed by atoms with Gasteiger partial charge >= 0.3 is 5.97 Å². The number of anilines is 1. The quantitative estimate of drug-likeness (QED) is 0.574. The zero-order valence-electron chi connectivity index (χ0n) is 13.3. The second kappa shape index (κ2) is 9.20. The third-order valence-electron chi connectivity index (χ3n) is 3.11. The predicted molar refractivity (Wildman–Crippen MR) is 95.3 cm³/mol. The molecule has 0 saturated carbocycles. The van der Waals surface area contributed by atoms with E-state index >= 15 is 0 Å². The molecule has 0 atom stereocenters. The van der Waals surface area contributed by atoms with Gasteiger partial charge in [-0.2, -0.15) is 0 Å². The van der Waals surface area contributed by atoms with E-state index in [1.54, 1.807) is 42.5 Å². The molecule has 6 heteroatoms.